The van der Waals surface area contributed by atoms with Crippen molar-refractivity contribution in [3.05, 3.63) is 29.5 Å². The van der Waals surface area contributed by atoms with Crippen LogP contribution in [0.5, 0.6) is 0 Å². The Morgan fingerprint density at radius 1 is 1.47 bits per heavy atom. The number of aliphatic hydroxyl groups excluding tert-OH is 1. The van der Waals surface area contributed by atoms with Crippen LogP contribution in [0, 0.1) is 6.92 Å². The van der Waals surface area contributed by atoms with E-state index in [1.54, 1.807) is 0 Å². The average molecular weight is 232 g/mol. The lowest BCUT2D eigenvalue weighted by atomic mass is 9.86. The lowest BCUT2D eigenvalue weighted by Crippen LogP contribution is -2.30. The summed E-state index contributed by atoms with van der Waals surface area (Å²) < 4.78 is 5.28. The third-order valence-corrected chi connectivity index (χ3v) is 3.55. The molecule has 1 aliphatic heterocycles. The van der Waals surface area contributed by atoms with Gasteiger partial charge in [-0.05, 0) is 36.6 Å². The molecule has 0 saturated carbocycles. The summed E-state index contributed by atoms with van der Waals surface area (Å²) in [6, 6.07) is 4.23. The van der Waals surface area contributed by atoms with Gasteiger partial charge in [0.05, 0.1) is 24.4 Å². The van der Waals surface area contributed by atoms with Crippen LogP contribution in [0.2, 0.25) is 0 Å². The van der Waals surface area contributed by atoms with Crippen molar-refractivity contribution in [1.29, 1.82) is 0 Å². The number of ether oxygens (including phenoxy) is 1. The molecule has 0 radical (unpaired) electrons. The van der Waals surface area contributed by atoms with Crippen molar-refractivity contribution in [2.24, 2.45) is 0 Å². The van der Waals surface area contributed by atoms with Crippen LogP contribution in [-0.2, 0) is 4.74 Å². The molecule has 1 aromatic heterocycles. The van der Waals surface area contributed by atoms with Gasteiger partial charge in [0.15, 0.2) is 0 Å². The molecular weight excluding hydrogens is 216 g/mol. The molecular formula is C13H16N2O2. The largest absolute Gasteiger partial charge is 0.390 e. The number of rotatable bonds is 1. The van der Waals surface area contributed by atoms with Crippen molar-refractivity contribution in [3.8, 4) is 0 Å². The van der Waals surface area contributed by atoms with Crippen LogP contribution in [-0.4, -0.2) is 34.6 Å². The van der Waals surface area contributed by atoms with Crippen molar-refractivity contribution in [1.82, 2.24) is 10.2 Å². The highest BCUT2D eigenvalue weighted by Crippen LogP contribution is 2.31. The maximum Gasteiger partial charge on any atom is 0.0842 e. The molecule has 4 nitrogen and oxygen atoms in total. The van der Waals surface area contributed by atoms with Crippen LogP contribution in [0.3, 0.4) is 0 Å². The second-order valence-electron chi connectivity index (χ2n) is 4.70. The highest BCUT2D eigenvalue weighted by Gasteiger charge is 2.26. The van der Waals surface area contributed by atoms with Crippen LogP contribution in [0.4, 0.5) is 0 Å². The summed E-state index contributed by atoms with van der Waals surface area (Å²) in [7, 11) is 0. The van der Waals surface area contributed by atoms with Gasteiger partial charge in [0.1, 0.15) is 0 Å². The van der Waals surface area contributed by atoms with Crippen LogP contribution in [0.1, 0.15) is 23.5 Å². The van der Waals surface area contributed by atoms with Crippen molar-refractivity contribution in [2.75, 3.05) is 13.2 Å². The van der Waals surface area contributed by atoms with Gasteiger partial charge in [0.2, 0.25) is 0 Å². The zero-order valence-corrected chi connectivity index (χ0v) is 9.81. The van der Waals surface area contributed by atoms with Crippen molar-refractivity contribution in [2.45, 2.75) is 25.4 Å². The van der Waals surface area contributed by atoms with Gasteiger partial charge in [-0.1, -0.05) is 0 Å². The van der Waals surface area contributed by atoms with E-state index in [1.165, 1.54) is 11.1 Å². The molecule has 3 rings (SSSR count). The Bertz CT molecular complexity index is 535. The first kappa shape index (κ1) is 10.7. The summed E-state index contributed by atoms with van der Waals surface area (Å²) in [6.07, 6.45) is 2.30. The second kappa shape index (κ2) is 4.13. The number of hydrogen-bond acceptors (Lipinski definition) is 3. The SMILES string of the molecule is Cc1cc2cn[nH]c2cc1C1CCOCC1O. The number of aromatic amines is 1. The molecule has 2 N–H and O–H groups in total. The predicted octanol–water partition coefficient (Wildman–Crippen LogP) is 1.74. The molecule has 0 spiro atoms. The molecule has 0 aliphatic carbocycles. The topological polar surface area (TPSA) is 58.1 Å². The Morgan fingerprint density at radius 2 is 2.35 bits per heavy atom. The van der Waals surface area contributed by atoms with Gasteiger partial charge < -0.3 is 9.84 Å². The summed E-state index contributed by atoms with van der Waals surface area (Å²) in [5.74, 6) is 0.177. The highest BCUT2D eigenvalue weighted by molar-refractivity contribution is 5.79. The minimum absolute atomic E-state index is 0.177. The van der Waals surface area contributed by atoms with E-state index in [-0.39, 0.29) is 5.92 Å². The van der Waals surface area contributed by atoms with E-state index < -0.39 is 6.10 Å². The van der Waals surface area contributed by atoms with Gasteiger partial charge in [-0.2, -0.15) is 5.10 Å². The molecule has 90 valence electrons. The normalized spacial score (nSPS) is 25.3. The zero-order chi connectivity index (χ0) is 11.8. The standard InChI is InChI=1S/C13H16N2O2/c1-8-4-9-6-14-15-12(9)5-11(8)10-2-3-17-7-13(10)16/h4-6,10,13,16H,2-3,7H2,1H3,(H,14,15). The Morgan fingerprint density at radius 3 is 3.18 bits per heavy atom. The van der Waals surface area contributed by atoms with Crippen molar-refractivity contribution in [3.63, 3.8) is 0 Å². The summed E-state index contributed by atoms with van der Waals surface area (Å²) >= 11 is 0. The Hall–Kier alpha value is -1.39. The summed E-state index contributed by atoms with van der Waals surface area (Å²) in [5, 5.41) is 18.2. The number of nitrogens with one attached hydrogen (secondary N) is 1. The first-order chi connectivity index (χ1) is 8.25. The van der Waals surface area contributed by atoms with E-state index in [0.717, 1.165) is 23.9 Å². The molecule has 2 atom stereocenters. The maximum absolute atomic E-state index is 10.0. The minimum atomic E-state index is -0.400. The third-order valence-electron chi connectivity index (χ3n) is 3.55. The van der Waals surface area contributed by atoms with Gasteiger partial charge >= 0.3 is 0 Å². The molecule has 1 fully saturated rings. The number of benzene rings is 1. The minimum Gasteiger partial charge on any atom is -0.390 e. The quantitative estimate of drug-likeness (QED) is 0.787. The molecule has 2 unspecified atom stereocenters. The van der Waals surface area contributed by atoms with Crippen LogP contribution >= 0.6 is 0 Å². The van der Waals surface area contributed by atoms with E-state index in [9.17, 15) is 5.11 Å². The van der Waals surface area contributed by atoms with Gasteiger partial charge in [-0.15, -0.1) is 0 Å². The fourth-order valence-corrected chi connectivity index (χ4v) is 2.61. The number of aromatic nitrogens is 2. The number of H-pyrrole nitrogens is 1. The Balaban J connectivity index is 2.05. The van der Waals surface area contributed by atoms with Crippen molar-refractivity contribution >= 4 is 10.9 Å². The van der Waals surface area contributed by atoms with E-state index in [0.29, 0.717) is 6.61 Å². The average Bonchev–Trinajstić information content (AvgIpc) is 2.76. The number of fused-ring (bicyclic) bond motifs is 1. The molecule has 17 heavy (non-hydrogen) atoms. The number of aliphatic hydroxyl groups is 1. The van der Waals surface area contributed by atoms with E-state index in [1.807, 2.05) is 6.20 Å². The maximum atomic E-state index is 10.0. The lowest BCUT2D eigenvalue weighted by molar-refractivity contribution is -0.0206. The monoisotopic (exact) mass is 232 g/mol. The van der Waals surface area contributed by atoms with Crippen LogP contribution < -0.4 is 0 Å². The molecule has 2 heterocycles. The zero-order valence-electron chi connectivity index (χ0n) is 9.81. The Labute approximate surface area is 99.6 Å². The van der Waals surface area contributed by atoms with Gasteiger partial charge in [0, 0.05) is 17.9 Å². The van der Waals surface area contributed by atoms with E-state index in [2.05, 4.69) is 29.3 Å². The fraction of sp³-hybridized carbons (Fsp3) is 0.462. The smallest absolute Gasteiger partial charge is 0.0842 e. The Kier molecular flexibility index (Phi) is 2.61. The second-order valence-corrected chi connectivity index (χ2v) is 4.70. The number of aryl methyl sites for hydroxylation is 1. The van der Waals surface area contributed by atoms with Gasteiger partial charge in [-0.3, -0.25) is 5.10 Å². The summed E-state index contributed by atoms with van der Waals surface area (Å²) in [4.78, 5) is 0. The third kappa shape index (κ3) is 1.83. The van der Waals surface area contributed by atoms with E-state index >= 15 is 0 Å². The molecule has 2 aromatic rings. The molecule has 1 aromatic carbocycles. The lowest BCUT2D eigenvalue weighted by Gasteiger charge is -2.29. The summed E-state index contributed by atoms with van der Waals surface area (Å²) in [5.41, 5.74) is 3.45. The number of hydrogen-bond donors (Lipinski definition) is 2. The number of nitrogens with zero attached hydrogens (tertiary/aromatic N) is 1. The summed E-state index contributed by atoms with van der Waals surface area (Å²) in [6.45, 7) is 3.25. The highest BCUT2D eigenvalue weighted by atomic mass is 16.5. The van der Waals surface area contributed by atoms with Crippen LogP contribution in [0.15, 0.2) is 18.3 Å². The predicted molar refractivity (Wildman–Crippen MR) is 65.0 cm³/mol. The first-order valence-electron chi connectivity index (χ1n) is 5.95. The molecule has 1 aliphatic rings. The van der Waals surface area contributed by atoms with E-state index in [4.69, 9.17) is 4.74 Å². The fourth-order valence-electron chi connectivity index (χ4n) is 2.61. The van der Waals surface area contributed by atoms with Crippen LogP contribution in [0.25, 0.3) is 10.9 Å². The van der Waals surface area contributed by atoms with Gasteiger partial charge in [0.25, 0.3) is 0 Å². The van der Waals surface area contributed by atoms with Crippen molar-refractivity contribution < 1.29 is 9.84 Å². The molecule has 0 amide bonds. The van der Waals surface area contributed by atoms with Gasteiger partial charge in [-0.25, -0.2) is 0 Å². The molecule has 0 bridgehead atoms. The molecule has 4 heteroatoms. The first-order valence-corrected chi connectivity index (χ1v) is 5.95. The molecule has 1 saturated heterocycles.